The molecular weight excluding hydrogens is 432 g/mol. The lowest BCUT2D eigenvalue weighted by Crippen LogP contribution is -2.45. The molecule has 0 aliphatic carbocycles. The third-order valence-corrected chi connectivity index (χ3v) is 5.23. The first-order chi connectivity index (χ1) is 14.8. The second kappa shape index (κ2) is 7.71. The van der Waals surface area contributed by atoms with E-state index in [9.17, 15) is 25.0 Å². The van der Waals surface area contributed by atoms with Gasteiger partial charge in [0.05, 0.1) is 28.1 Å². The SMILES string of the molecule is CC1(C)OCC(C2OC3OC(C)(C)OC3C2OC(=O)c2cc([N+](=O)[O-])cc([N+](=O)[O-])c2)O1. The van der Waals surface area contributed by atoms with Crippen molar-refractivity contribution in [3.8, 4) is 0 Å². The fraction of sp³-hybridized carbons (Fsp3) is 0.632. The molecule has 0 N–H and O–H groups in total. The number of carbonyl (C=O) groups is 1. The van der Waals surface area contributed by atoms with Gasteiger partial charge in [0, 0.05) is 12.1 Å². The van der Waals surface area contributed by atoms with E-state index in [1.807, 2.05) is 0 Å². The molecule has 3 saturated heterocycles. The number of rotatable bonds is 5. The van der Waals surface area contributed by atoms with Gasteiger partial charge in [0.2, 0.25) is 0 Å². The molecule has 13 heteroatoms. The van der Waals surface area contributed by atoms with Crippen LogP contribution in [0.3, 0.4) is 0 Å². The summed E-state index contributed by atoms with van der Waals surface area (Å²) in [6.45, 7) is 6.96. The van der Waals surface area contributed by atoms with Crippen molar-refractivity contribution in [2.45, 2.75) is 70.0 Å². The Morgan fingerprint density at radius 1 is 0.969 bits per heavy atom. The Labute approximate surface area is 181 Å². The zero-order valence-corrected chi connectivity index (χ0v) is 17.7. The molecule has 5 unspecified atom stereocenters. The van der Waals surface area contributed by atoms with E-state index in [0.29, 0.717) is 0 Å². The van der Waals surface area contributed by atoms with Crippen molar-refractivity contribution < 1.29 is 43.1 Å². The van der Waals surface area contributed by atoms with Crippen molar-refractivity contribution in [3.05, 3.63) is 44.0 Å². The van der Waals surface area contributed by atoms with Crippen molar-refractivity contribution in [3.63, 3.8) is 0 Å². The number of hydrogen-bond acceptors (Lipinski definition) is 11. The zero-order chi connectivity index (χ0) is 23.4. The van der Waals surface area contributed by atoms with Crippen molar-refractivity contribution in [2.75, 3.05) is 6.61 Å². The molecule has 3 heterocycles. The van der Waals surface area contributed by atoms with Crippen molar-refractivity contribution >= 4 is 17.3 Å². The van der Waals surface area contributed by atoms with Crippen LogP contribution >= 0.6 is 0 Å². The Kier molecular flexibility index (Phi) is 5.41. The van der Waals surface area contributed by atoms with Gasteiger partial charge < -0.3 is 28.4 Å². The Hall–Kier alpha value is -2.71. The minimum atomic E-state index is -1.02. The second-order valence-electron chi connectivity index (χ2n) is 8.56. The van der Waals surface area contributed by atoms with Crippen molar-refractivity contribution in [1.29, 1.82) is 0 Å². The lowest BCUT2D eigenvalue weighted by Gasteiger charge is -2.28. The van der Waals surface area contributed by atoms with Gasteiger partial charge in [0.15, 0.2) is 30.1 Å². The van der Waals surface area contributed by atoms with Gasteiger partial charge in [-0.05, 0) is 27.7 Å². The molecule has 1 aromatic rings. The second-order valence-corrected chi connectivity index (χ2v) is 8.56. The van der Waals surface area contributed by atoms with E-state index in [0.717, 1.165) is 18.2 Å². The van der Waals surface area contributed by atoms with Crippen LogP contribution in [0.1, 0.15) is 38.1 Å². The third kappa shape index (κ3) is 4.29. The number of fused-ring (bicyclic) bond motifs is 1. The average Bonchev–Trinajstić information content (AvgIpc) is 3.31. The normalized spacial score (nSPS) is 32.4. The van der Waals surface area contributed by atoms with E-state index in [4.69, 9.17) is 28.4 Å². The third-order valence-electron chi connectivity index (χ3n) is 5.23. The highest BCUT2D eigenvalue weighted by Gasteiger charge is 2.60. The summed E-state index contributed by atoms with van der Waals surface area (Å²) < 4.78 is 34.5. The van der Waals surface area contributed by atoms with Crippen LogP contribution in [0.15, 0.2) is 18.2 Å². The first-order valence-electron chi connectivity index (χ1n) is 9.83. The fourth-order valence-corrected chi connectivity index (χ4v) is 3.93. The maximum atomic E-state index is 12.9. The molecule has 5 atom stereocenters. The van der Waals surface area contributed by atoms with Gasteiger partial charge in [-0.2, -0.15) is 0 Å². The maximum absolute atomic E-state index is 12.9. The standard InChI is InChI=1S/C19H22N2O11/c1-18(2)27-8-12(30-18)13-14(15-17(29-13)32-19(3,4)31-15)28-16(22)9-5-10(20(23)24)7-11(6-9)21(25)26/h5-7,12-15,17H,8H2,1-4H3. The minimum Gasteiger partial charge on any atom is -0.453 e. The van der Waals surface area contributed by atoms with Crippen LogP contribution < -0.4 is 0 Å². The number of nitro groups is 2. The highest BCUT2D eigenvalue weighted by atomic mass is 16.9. The minimum absolute atomic E-state index is 0.164. The lowest BCUT2D eigenvalue weighted by atomic mass is 10.1. The quantitative estimate of drug-likeness (QED) is 0.364. The fourth-order valence-electron chi connectivity index (χ4n) is 3.93. The van der Waals surface area contributed by atoms with Gasteiger partial charge >= 0.3 is 5.97 Å². The maximum Gasteiger partial charge on any atom is 0.339 e. The number of nitrogens with zero attached hydrogens (tertiary/aromatic N) is 2. The number of hydrogen-bond donors (Lipinski definition) is 0. The van der Waals surface area contributed by atoms with Crippen LogP contribution in [0.4, 0.5) is 11.4 Å². The first kappa shape index (κ1) is 22.5. The zero-order valence-electron chi connectivity index (χ0n) is 17.7. The van der Waals surface area contributed by atoms with E-state index >= 15 is 0 Å². The molecule has 32 heavy (non-hydrogen) atoms. The van der Waals surface area contributed by atoms with Gasteiger partial charge in [0.25, 0.3) is 11.4 Å². The molecule has 0 aromatic heterocycles. The van der Waals surface area contributed by atoms with Crippen LogP contribution in [0.5, 0.6) is 0 Å². The van der Waals surface area contributed by atoms with Crippen LogP contribution in [-0.2, 0) is 28.4 Å². The summed E-state index contributed by atoms with van der Waals surface area (Å²) in [6, 6.07) is 2.58. The summed E-state index contributed by atoms with van der Waals surface area (Å²) in [5.41, 5.74) is -1.58. The van der Waals surface area contributed by atoms with Gasteiger partial charge in [-0.15, -0.1) is 0 Å². The highest BCUT2D eigenvalue weighted by Crippen LogP contribution is 2.42. The topological polar surface area (TPSA) is 159 Å². The molecule has 4 rings (SSSR count). The molecule has 0 spiro atoms. The molecule has 1 aromatic carbocycles. The van der Waals surface area contributed by atoms with E-state index in [1.165, 1.54) is 0 Å². The summed E-state index contributed by atoms with van der Waals surface area (Å²) in [5.74, 6) is -2.88. The summed E-state index contributed by atoms with van der Waals surface area (Å²) in [4.78, 5) is 33.5. The number of carbonyl (C=O) groups excluding carboxylic acids is 1. The van der Waals surface area contributed by atoms with Crippen LogP contribution in [0.2, 0.25) is 0 Å². The smallest absolute Gasteiger partial charge is 0.339 e. The predicted molar refractivity (Wildman–Crippen MR) is 103 cm³/mol. The summed E-state index contributed by atoms with van der Waals surface area (Å²) >= 11 is 0. The number of non-ortho nitro benzene ring substituents is 2. The van der Waals surface area contributed by atoms with E-state index in [1.54, 1.807) is 27.7 Å². The van der Waals surface area contributed by atoms with E-state index < -0.39 is 69.5 Å². The largest absolute Gasteiger partial charge is 0.453 e. The number of benzene rings is 1. The average molecular weight is 454 g/mol. The monoisotopic (exact) mass is 454 g/mol. The molecule has 3 aliphatic heterocycles. The van der Waals surface area contributed by atoms with Crippen LogP contribution in [0, 0.1) is 20.2 Å². The molecule has 0 saturated carbocycles. The van der Waals surface area contributed by atoms with Gasteiger partial charge in [0.1, 0.15) is 12.2 Å². The molecule has 0 radical (unpaired) electrons. The first-order valence-corrected chi connectivity index (χ1v) is 9.83. The Balaban J connectivity index is 1.61. The summed E-state index contributed by atoms with van der Waals surface area (Å²) in [7, 11) is 0. The van der Waals surface area contributed by atoms with Crippen molar-refractivity contribution in [1.82, 2.24) is 0 Å². The van der Waals surface area contributed by atoms with E-state index in [2.05, 4.69) is 0 Å². The molecule has 0 amide bonds. The van der Waals surface area contributed by atoms with Gasteiger partial charge in [-0.1, -0.05) is 0 Å². The molecule has 174 valence electrons. The lowest BCUT2D eigenvalue weighted by molar-refractivity contribution is -0.394. The number of ether oxygens (including phenoxy) is 6. The molecular formula is C19H22N2O11. The van der Waals surface area contributed by atoms with Crippen molar-refractivity contribution in [2.24, 2.45) is 0 Å². The van der Waals surface area contributed by atoms with Gasteiger partial charge in [-0.25, -0.2) is 4.79 Å². The Morgan fingerprint density at radius 2 is 1.59 bits per heavy atom. The summed E-state index contributed by atoms with van der Waals surface area (Å²) in [5, 5.41) is 22.3. The van der Waals surface area contributed by atoms with Gasteiger partial charge in [-0.3, -0.25) is 20.2 Å². The Bertz CT molecular complexity index is 930. The van der Waals surface area contributed by atoms with Crippen LogP contribution in [0.25, 0.3) is 0 Å². The predicted octanol–water partition coefficient (Wildman–Crippen LogP) is 2.06. The molecule has 3 aliphatic rings. The van der Waals surface area contributed by atoms with Crippen LogP contribution in [-0.4, -0.2) is 64.7 Å². The molecule has 13 nitrogen and oxygen atoms in total. The number of esters is 1. The molecule has 0 bridgehead atoms. The Morgan fingerprint density at radius 3 is 2.12 bits per heavy atom. The summed E-state index contributed by atoms with van der Waals surface area (Å²) in [6.07, 6.45) is -4.10. The highest BCUT2D eigenvalue weighted by molar-refractivity contribution is 5.91. The number of nitro benzene ring substituents is 2. The van der Waals surface area contributed by atoms with E-state index in [-0.39, 0.29) is 12.2 Å². The molecule has 3 fully saturated rings.